The van der Waals surface area contributed by atoms with Gasteiger partial charge in [0.05, 0.1) is 17.6 Å². The Morgan fingerprint density at radius 1 is 1.17 bits per heavy atom. The Morgan fingerprint density at radius 2 is 1.75 bits per heavy atom. The van der Waals surface area contributed by atoms with Crippen molar-refractivity contribution in [1.82, 2.24) is 0 Å². The van der Waals surface area contributed by atoms with Crippen molar-refractivity contribution >= 4 is 5.97 Å². The molecule has 4 heteroatoms. The first-order valence-corrected chi connectivity index (χ1v) is 9.69. The average molecular weight is 338 g/mol. The van der Waals surface area contributed by atoms with Crippen molar-refractivity contribution in [1.29, 1.82) is 0 Å². The number of aliphatic hydroxyl groups is 2. The van der Waals surface area contributed by atoms with Crippen LogP contribution in [-0.2, 0) is 9.53 Å². The van der Waals surface area contributed by atoms with Crippen LogP contribution in [0.3, 0.4) is 0 Å². The van der Waals surface area contributed by atoms with Crippen LogP contribution in [0.1, 0.15) is 72.6 Å². The fraction of sp³-hybridized carbons (Fsp3) is 0.950. The van der Waals surface area contributed by atoms with Gasteiger partial charge in [-0.2, -0.15) is 0 Å². The zero-order valence-electron chi connectivity index (χ0n) is 15.7. The molecule has 4 bridgehead atoms. The summed E-state index contributed by atoms with van der Waals surface area (Å²) in [6, 6.07) is 0. The molecule has 138 valence electrons. The molecule has 0 aromatic heterocycles. The van der Waals surface area contributed by atoms with Gasteiger partial charge in [0.25, 0.3) is 0 Å². The summed E-state index contributed by atoms with van der Waals surface area (Å²) < 4.78 is 6.18. The Kier molecular flexibility index (Phi) is 4.53. The maximum absolute atomic E-state index is 13.2. The quantitative estimate of drug-likeness (QED) is 0.729. The maximum atomic E-state index is 13.2. The average Bonchev–Trinajstić information content (AvgIpc) is 2.40. The molecule has 4 aliphatic rings. The summed E-state index contributed by atoms with van der Waals surface area (Å²) in [5.74, 6) is 1.05. The Bertz CT molecular complexity index is 484. The number of ether oxygens (including phenoxy) is 1. The van der Waals surface area contributed by atoms with E-state index in [0.717, 1.165) is 25.7 Å². The molecule has 0 aromatic carbocycles. The van der Waals surface area contributed by atoms with Crippen LogP contribution < -0.4 is 0 Å². The highest BCUT2D eigenvalue weighted by molar-refractivity contribution is 5.78. The van der Waals surface area contributed by atoms with Gasteiger partial charge in [0.2, 0.25) is 0 Å². The summed E-state index contributed by atoms with van der Waals surface area (Å²) in [6.07, 6.45) is 5.89. The van der Waals surface area contributed by atoms with Crippen molar-refractivity contribution in [3.63, 3.8) is 0 Å². The molecule has 0 spiro atoms. The molecule has 2 N–H and O–H groups in total. The first-order valence-electron chi connectivity index (χ1n) is 9.69. The highest BCUT2D eigenvalue weighted by Crippen LogP contribution is 2.59. The highest BCUT2D eigenvalue weighted by Gasteiger charge is 2.60. The first-order chi connectivity index (χ1) is 11.1. The van der Waals surface area contributed by atoms with Crippen LogP contribution in [0.4, 0.5) is 0 Å². The number of esters is 1. The summed E-state index contributed by atoms with van der Waals surface area (Å²) in [6.45, 7) is 7.97. The van der Waals surface area contributed by atoms with E-state index >= 15 is 0 Å². The molecule has 0 aromatic rings. The monoisotopic (exact) mass is 338 g/mol. The van der Waals surface area contributed by atoms with E-state index in [2.05, 4.69) is 13.8 Å². The molecule has 0 aliphatic heterocycles. The van der Waals surface area contributed by atoms with Gasteiger partial charge >= 0.3 is 5.97 Å². The van der Waals surface area contributed by atoms with E-state index in [1.807, 2.05) is 13.8 Å². The van der Waals surface area contributed by atoms with Crippen molar-refractivity contribution in [2.45, 2.75) is 83.8 Å². The molecule has 3 unspecified atom stereocenters. The van der Waals surface area contributed by atoms with E-state index in [9.17, 15) is 15.0 Å². The zero-order chi connectivity index (χ0) is 17.8. The fourth-order valence-electron chi connectivity index (χ4n) is 6.14. The van der Waals surface area contributed by atoms with E-state index in [1.54, 1.807) is 0 Å². The number of hydrogen-bond donors (Lipinski definition) is 2. The smallest absolute Gasteiger partial charge is 0.315 e. The van der Waals surface area contributed by atoms with E-state index in [0.29, 0.717) is 30.6 Å². The number of carbonyl (C=O) groups is 1. The van der Waals surface area contributed by atoms with Crippen molar-refractivity contribution in [2.75, 3.05) is 6.61 Å². The normalized spacial score (nSPS) is 40.2. The molecule has 4 rings (SSSR count). The molecule has 4 fully saturated rings. The summed E-state index contributed by atoms with van der Waals surface area (Å²) in [5, 5.41) is 20.9. The minimum absolute atomic E-state index is 0.0226. The minimum Gasteiger partial charge on any atom is -0.458 e. The van der Waals surface area contributed by atoms with E-state index in [-0.39, 0.29) is 18.5 Å². The van der Waals surface area contributed by atoms with Crippen LogP contribution in [0.25, 0.3) is 0 Å². The van der Waals surface area contributed by atoms with Crippen LogP contribution in [0, 0.1) is 29.1 Å². The Labute approximate surface area is 146 Å². The zero-order valence-corrected chi connectivity index (χ0v) is 15.7. The van der Waals surface area contributed by atoms with Gasteiger partial charge in [-0.1, -0.05) is 27.7 Å². The van der Waals surface area contributed by atoms with Gasteiger partial charge in [-0.05, 0) is 62.2 Å². The van der Waals surface area contributed by atoms with Crippen molar-refractivity contribution in [3.8, 4) is 0 Å². The molecular formula is C20H34O4. The largest absolute Gasteiger partial charge is 0.458 e. The second-order valence-corrected chi connectivity index (χ2v) is 9.82. The number of hydrogen-bond acceptors (Lipinski definition) is 4. The maximum Gasteiger partial charge on any atom is 0.315 e. The van der Waals surface area contributed by atoms with Gasteiger partial charge in [0.1, 0.15) is 5.60 Å². The highest BCUT2D eigenvalue weighted by atomic mass is 16.6. The topological polar surface area (TPSA) is 66.8 Å². The molecule has 24 heavy (non-hydrogen) atoms. The molecule has 4 aliphatic carbocycles. The molecule has 4 saturated carbocycles. The fourth-order valence-corrected chi connectivity index (χ4v) is 6.14. The van der Waals surface area contributed by atoms with Gasteiger partial charge in [0.15, 0.2) is 0 Å². The Morgan fingerprint density at radius 3 is 2.17 bits per heavy atom. The van der Waals surface area contributed by atoms with Crippen molar-refractivity contribution in [3.05, 3.63) is 0 Å². The summed E-state index contributed by atoms with van der Waals surface area (Å²) in [7, 11) is 0. The van der Waals surface area contributed by atoms with Crippen LogP contribution in [0.15, 0.2) is 0 Å². The van der Waals surface area contributed by atoms with Gasteiger partial charge < -0.3 is 14.9 Å². The van der Waals surface area contributed by atoms with Crippen molar-refractivity contribution < 1.29 is 19.7 Å². The summed E-state index contributed by atoms with van der Waals surface area (Å²) >= 11 is 0. The molecule has 0 heterocycles. The van der Waals surface area contributed by atoms with Gasteiger partial charge in [0, 0.05) is 6.42 Å². The summed E-state index contributed by atoms with van der Waals surface area (Å²) in [4.78, 5) is 13.2. The molecule has 3 atom stereocenters. The summed E-state index contributed by atoms with van der Waals surface area (Å²) in [5.41, 5.74) is -1.97. The second kappa shape index (κ2) is 5.98. The lowest BCUT2D eigenvalue weighted by atomic mass is 9.52. The van der Waals surface area contributed by atoms with E-state index < -0.39 is 16.6 Å². The first kappa shape index (κ1) is 18.2. The third-order valence-electron chi connectivity index (χ3n) is 6.85. The number of rotatable bonds is 6. The molecule has 0 saturated heterocycles. The van der Waals surface area contributed by atoms with E-state index in [4.69, 9.17) is 4.74 Å². The lowest BCUT2D eigenvalue weighted by Gasteiger charge is -2.59. The molecule has 0 amide bonds. The Balaban J connectivity index is 1.82. The van der Waals surface area contributed by atoms with Crippen molar-refractivity contribution in [2.24, 2.45) is 29.1 Å². The third kappa shape index (κ3) is 3.01. The third-order valence-corrected chi connectivity index (χ3v) is 6.85. The minimum atomic E-state index is -0.833. The predicted octanol–water partition coefficient (Wildman–Crippen LogP) is 3.29. The lowest BCUT2D eigenvalue weighted by molar-refractivity contribution is -0.229. The molecular weight excluding hydrogens is 304 g/mol. The number of carbonyl (C=O) groups excluding carboxylic acids is 1. The predicted molar refractivity (Wildman–Crippen MR) is 92.3 cm³/mol. The number of aliphatic hydroxyl groups excluding tert-OH is 1. The van der Waals surface area contributed by atoms with E-state index in [1.165, 1.54) is 6.42 Å². The van der Waals surface area contributed by atoms with Crippen LogP contribution >= 0.6 is 0 Å². The van der Waals surface area contributed by atoms with Crippen LogP contribution in [-0.4, -0.2) is 34.0 Å². The standard InChI is InChI=1S/C20H34O4/c1-13(2)6-20(12-21,14(3)4)17(22)24-19-9-15-5-16(10-19)8-18(23,7-15)11-19/h13-16,21,23H,5-12H2,1-4H3. The second-order valence-electron chi connectivity index (χ2n) is 9.82. The molecule has 4 nitrogen and oxygen atoms in total. The van der Waals surface area contributed by atoms with Gasteiger partial charge in [-0.3, -0.25) is 4.79 Å². The Hall–Kier alpha value is -0.610. The lowest BCUT2D eigenvalue weighted by Crippen LogP contribution is -2.61. The van der Waals surface area contributed by atoms with Crippen LogP contribution in [0.2, 0.25) is 0 Å². The van der Waals surface area contributed by atoms with Crippen LogP contribution in [0.5, 0.6) is 0 Å². The van der Waals surface area contributed by atoms with Gasteiger partial charge in [-0.25, -0.2) is 0 Å². The SMILES string of the molecule is CC(C)CC(CO)(C(=O)OC12CC3CC(CC(O)(C3)C1)C2)C(C)C. The molecule has 0 radical (unpaired) electrons. The van der Waals surface area contributed by atoms with Gasteiger partial charge in [-0.15, -0.1) is 0 Å².